The number of carbonyl (C=O) groups excluding carboxylic acids is 2. The van der Waals surface area contributed by atoms with Gasteiger partial charge in [-0.05, 0) is 0 Å². The molecule has 0 spiro atoms. The summed E-state index contributed by atoms with van der Waals surface area (Å²) in [7, 11) is 0. The number of imide groups is 1. The number of nitrogens with one attached hydrogen (secondary N) is 1. The summed E-state index contributed by atoms with van der Waals surface area (Å²) < 4.78 is 14.4. The quantitative estimate of drug-likeness (QED) is 0.598. The summed E-state index contributed by atoms with van der Waals surface area (Å²) in [6.07, 6.45) is -5.77. The van der Waals surface area contributed by atoms with Crippen LogP contribution in [0.3, 0.4) is 0 Å². The van der Waals surface area contributed by atoms with E-state index in [1.165, 1.54) is 4.90 Å². The van der Waals surface area contributed by atoms with E-state index in [1.807, 2.05) is 0 Å². The third-order valence-corrected chi connectivity index (χ3v) is 3.24. The Labute approximate surface area is 123 Å². The van der Waals surface area contributed by atoms with E-state index < -0.39 is 49.3 Å². The highest BCUT2D eigenvalue weighted by Crippen LogP contribution is 2.27. The third-order valence-electron chi connectivity index (χ3n) is 3.24. The molecule has 0 aromatic carbocycles. The minimum atomic E-state index is -1.55. The van der Waals surface area contributed by atoms with Gasteiger partial charge in [0.1, 0.15) is 25.0 Å². The number of urea groups is 1. The molecule has 3 atom stereocenters. The normalized spacial score (nSPS) is 28.2. The molecule has 2 rings (SSSR count). The lowest BCUT2D eigenvalue weighted by Gasteiger charge is -2.31. The van der Waals surface area contributed by atoms with E-state index >= 15 is 0 Å². The van der Waals surface area contributed by atoms with Crippen LogP contribution in [0.5, 0.6) is 0 Å². The fourth-order valence-electron chi connectivity index (χ4n) is 2.30. The number of carboxylic acid groups (broad SMARTS) is 2. The Morgan fingerprint density at radius 2 is 2.05 bits per heavy atom. The zero-order chi connectivity index (χ0) is 16.3. The molecule has 3 N–H and O–H groups in total. The molecule has 2 aliphatic rings. The largest absolute Gasteiger partial charge is 0.506 e. The summed E-state index contributed by atoms with van der Waals surface area (Å²) in [5.74, 6) is -0.414. The molecule has 22 heavy (non-hydrogen) atoms. The van der Waals surface area contributed by atoms with Crippen LogP contribution in [0.15, 0.2) is 0 Å². The molecule has 122 valence electrons. The average Bonchev–Trinajstić information content (AvgIpc) is 2.78. The van der Waals surface area contributed by atoms with E-state index in [2.05, 4.69) is 14.8 Å². The van der Waals surface area contributed by atoms with E-state index in [-0.39, 0.29) is 19.4 Å². The fourth-order valence-corrected chi connectivity index (χ4v) is 2.30. The smallest absolute Gasteiger partial charge is 0.450 e. The molecule has 0 saturated carbocycles. The van der Waals surface area contributed by atoms with Gasteiger partial charge < -0.3 is 24.4 Å². The van der Waals surface area contributed by atoms with Crippen molar-refractivity contribution in [1.29, 1.82) is 0 Å². The van der Waals surface area contributed by atoms with Gasteiger partial charge in [0.2, 0.25) is 5.91 Å². The summed E-state index contributed by atoms with van der Waals surface area (Å²) in [4.78, 5) is 45.1. The van der Waals surface area contributed by atoms with Crippen molar-refractivity contribution in [3.63, 3.8) is 0 Å². The van der Waals surface area contributed by atoms with Crippen LogP contribution in [0.2, 0.25) is 0 Å². The van der Waals surface area contributed by atoms with E-state index in [0.29, 0.717) is 0 Å². The Balaban J connectivity index is 2.01. The minimum Gasteiger partial charge on any atom is -0.450 e. The van der Waals surface area contributed by atoms with Crippen molar-refractivity contribution in [3.05, 3.63) is 0 Å². The SMILES string of the molecule is O=C1CCN(C2CC(OC(=O)O)C(COC(=O)O)O2)C(=O)N1. The van der Waals surface area contributed by atoms with Crippen LogP contribution in [0.1, 0.15) is 12.8 Å². The molecule has 2 saturated heterocycles. The molecule has 3 unspecified atom stereocenters. The van der Waals surface area contributed by atoms with Crippen LogP contribution in [0, 0.1) is 0 Å². The maximum atomic E-state index is 11.7. The second-order valence-corrected chi connectivity index (χ2v) is 4.66. The Morgan fingerprint density at radius 3 is 2.64 bits per heavy atom. The third kappa shape index (κ3) is 3.75. The van der Waals surface area contributed by atoms with Gasteiger partial charge in [0.15, 0.2) is 0 Å². The standard InChI is InChI=1S/C11H14N2O9/c14-7-1-2-13(9(15)12-7)8-3-5(22-11(18)19)6(21-8)4-20-10(16)17/h5-6,8H,1-4H2,(H,16,17)(H,18,19)(H,12,14,15). The zero-order valence-corrected chi connectivity index (χ0v) is 11.3. The predicted octanol–water partition coefficient (Wildman–Crippen LogP) is -0.199. The lowest BCUT2D eigenvalue weighted by atomic mass is 10.1. The van der Waals surface area contributed by atoms with Crippen molar-refractivity contribution in [2.45, 2.75) is 31.3 Å². The maximum Gasteiger partial charge on any atom is 0.506 e. The highest BCUT2D eigenvalue weighted by Gasteiger charge is 2.44. The Morgan fingerprint density at radius 1 is 1.32 bits per heavy atom. The Hall–Kier alpha value is -2.56. The lowest BCUT2D eigenvalue weighted by molar-refractivity contribution is -0.124. The molecular weight excluding hydrogens is 304 g/mol. The number of hydrogen-bond donors (Lipinski definition) is 3. The van der Waals surface area contributed by atoms with E-state index in [4.69, 9.17) is 14.9 Å². The minimum absolute atomic E-state index is 0.0154. The van der Waals surface area contributed by atoms with Gasteiger partial charge in [-0.15, -0.1) is 0 Å². The first-order chi connectivity index (χ1) is 10.4. The van der Waals surface area contributed by atoms with Crippen LogP contribution in [-0.4, -0.2) is 70.9 Å². The number of rotatable bonds is 4. The maximum absolute atomic E-state index is 11.7. The first kappa shape index (κ1) is 15.8. The van der Waals surface area contributed by atoms with Crippen LogP contribution >= 0.6 is 0 Å². The van der Waals surface area contributed by atoms with E-state index in [1.54, 1.807) is 0 Å². The number of ether oxygens (including phenoxy) is 3. The summed E-state index contributed by atoms with van der Waals surface area (Å²) in [6.45, 7) is -0.320. The summed E-state index contributed by atoms with van der Waals surface area (Å²) in [5.41, 5.74) is 0. The molecule has 0 aliphatic carbocycles. The predicted molar refractivity (Wildman–Crippen MR) is 65.0 cm³/mol. The summed E-state index contributed by atoms with van der Waals surface area (Å²) in [5, 5.41) is 19.3. The van der Waals surface area contributed by atoms with Crippen molar-refractivity contribution < 1.29 is 43.6 Å². The van der Waals surface area contributed by atoms with Gasteiger partial charge in [0, 0.05) is 19.4 Å². The molecule has 11 nitrogen and oxygen atoms in total. The molecule has 2 heterocycles. The molecule has 2 fully saturated rings. The van der Waals surface area contributed by atoms with Gasteiger partial charge in [-0.3, -0.25) is 15.0 Å². The van der Waals surface area contributed by atoms with Crippen molar-refractivity contribution in [3.8, 4) is 0 Å². The van der Waals surface area contributed by atoms with Crippen molar-refractivity contribution in [1.82, 2.24) is 10.2 Å². The zero-order valence-electron chi connectivity index (χ0n) is 11.3. The molecule has 11 heteroatoms. The van der Waals surface area contributed by atoms with Crippen molar-refractivity contribution >= 4 is 24.2 Å². The monoisotopic (exact) mass is 318 g/mol. The molecule has 0 aromatic rings. The van der Waals surface area contributed by atoms with E-state index in [0.717, 1.165) is 0 Å². The second kappa shape index (κ2) is 6.47. The lowest BCUT2D eigenvalue weighted by Crippen LogP contribution is -2.53. The number of amides is 3. The summed E-state index contributed by atoms with van der Waals surface area (Å²) in [6, 6.07) is -0.657. The number of nitrogens with zero attached hydrogens (tertiary/aromatic N) is 1. The van der Waals surface area contributed by atoms with E-state index in [9.17, 15) is 19.2 Å². The molecular formula is C11H14N2O9. The second-order valence-electron chi connectivity index (χ2n) is 4.66. The highest BCUT2D eigenvalue weighted by molar-refractivity contribution is 5.96. The summed E-state index contributed by atoms with van der Waals surface area (Å²) >= 11 is 0. The molecule has 0 aromatic heterocycles. The number of carbonyl (C=O) groups is 4. The van der Waals surface area contributed by atoms with Gasteiger partial charge >= 0.3 is 18.3 Å². The first-order valence-electron chi connectivity index (χ1n) is 6.38. The van der Waals surface area contributed by atoms with Gasteiger partial charge in [-0.25, -0.2) is 14.4 Å². The topological polar surface area (TPSA) is 152 Å². The van der Waals surface area contributed by atoms with Gasteiger partial charge in [0.25, 0.3) is 0 Å². The van der Waals surface area contributed by atoms with Gasteiger partial charge in [-0.2, -0.15) is 0 Å². The Bertz CT molecular complexity index is 494. The van der Waals surface area contributed by atoms with Crippen molar-refractivity contribution in [2.75, 3.05) is 13.2 Å². The van der Waals surface area contributed by atoms with Gasteiger partial charge in [-0.1, -0.05) is 0 Å². The molecule has 2 aliphatic heterocycles. The molecule has 3 amide bonds. The highest BCUT2D eigenvalue weighted by atomic mass is 16.7. The molecule has 0 bridgehead atoms. The average molecular weight is 318 g/mol. The van der Waals surface area contributed by atoms with Crippen LogP contribution < -0.4 is 5.32 Å². The van der Waals surface area contributed by atoms with Crippen LogP contribution in [0.4, 0.5) is 14.4 Å². The van der Waals surface area contributed by atoms with Crippen molar-refractivity contribution in [2.24, 2.45) is 0 Å². The first-order valence-corrected chi connectivity index (χ1v) is 6.38. The number of hydrogen-bond acceptors (Lipinski definition) is 7. The van der Waals surface area contributed by atoms with Crippen LogP contribution in [0.25, 0.3) is 0 Å². The fraction of sp³-hybridized carbons (Fsp3) is 0.636. The molecule has 0 radical (unpaired) electrons. The Kier molecular flexibility index (Phi) is 4.65. The van der Waals surface area contributed by atoms with Gasteiger partial charge in [0.05, 0.1) is 0 Å². The van der Waals surface area contributed by atoms with Crippen LogP contribution in [-0.2, 0) is 19.0 Å².